The number of thiophene rings is 2. The Morgan fingerprint density at radius 1 is 0.333 bits per heavy atom. The zero-order valence-corrected chi connectivity index (χ0v) is 27.1. The van der Waals surface area contributed by atoms with E-state index in [1.165, 1.54) is 56.5 Å². The zero-order valence-electron chi connectivity index (χ0n) is 25.4. The molecule has 222 valence electrons. The number of benzene rings is 7. The van der Waals surface area contributed by atoms with E-state index >= 15 is 0 Å². The molecule has 11 rings (SSSR count). The number of hydrogen-bond acceptors (Lipinski definition) is 5. The molecule has 0 aliphatic rings. The summed E-state index contributed by atoms with van der Waals surface area (Å²) in [7, 11) is 0. The third-order valence-corrected chi connectivity index (χ3v) is 12.1. The molecule has 0 saturated carbocycles. The number of pyridine rings is 1. The van der Waals surface area contributed by atoms with Gasteiger partial charge >= 0.3 is 0 Å². The van der Waals surface area contributed by atoms with Crippen molar-refractivity contribution in [3.8, 4) is 22.8 Å². The van der Waals surface area contributed by atoms with Gasteiger partial charge in [0.2, 0.25) is 0 Å². The van der Waals surface area contributed by atoms with Gasteiger partial charge < -0.3 is 0 Å². The predicted molar refractivity (Wildman–Crippen MR) is 207 cm³/mol. The van der Waals surface area contributed by atoms with Crippen LogP contribution in [0, 0.1) is 0 Å². The van der Waals surface area contributed by atoms with E-state index in [4.69, 9.17) is 15.0 Å². The first-order valence-electron chi connectivity index (χ1n) is 16.0. The van der Waals surface area contributed by atoms with E-state index in [-0.39, 0.29) is 0 Å². The van der Waals surface area contributed by atoms with E-state index in [2.05, 4.69) is 140 Å². The minimum absolute atomic E-state index is 0.640. The maximum atomic E-state index is 5.49. The van der Waals surface area contributed by atoms with Crippen LogP contribution in [0.3, 0.4) is 0 Å². The van der Waals surface area contributed by atoms with Gasteiger partial charge in [-0.15, -0.1) is 22.7 Å². The van der Waals surface area contributed by atoms with Crippen LogP contribution in [0.1, 0.15) is 0 Å². The summed E-state index contributed by atoms with van der Waals surface area (Å²) in [5.74, 6) is 0.640. The summed E-state index contributed by atoms with van der Waals surface area (Å²) in [6.07, 6.45) is 0. The molecule has 0 saturated heterocycles. The molecule has 7 aromatic carbocycles. The minimum Gasteiger partial charge on any atom is -0.244 e. The second kappa shape index (κ2) is 9.88. The Balaban J connectivity index is 1.33. The van der Waals surface area contributed by atoms with E-state index in [0.717, 1.165) is 44.1 Å². The number of rotatable bonds is 2. The summed E-state index contributed by atoms with van der Waals surface area (Å²) in [6.45, 7) is 0. The maximum Gasteiger partial charge on any atom is 0.180 e. The Kier molecular flexibility index (Phi) is 5.42. The van der Waals surface area contributed by atoms with Gasteiger partial charge in [-0.05, 0) is 29.7 Å². The van der Waals surface area contributed by atoms with Gasteiger partial charge in [0.15, 0.2) is 5.82 Å². The van der Waals surface area contributed by atoms with Gasteiger partial charge in [0, 0.05) is 72.8 Å². The fourth-order valence-corrected chi connectivity index (χ4v) is 10.1. The number of hydrogen-bond donors (Lipinski definition) is 0. The molecule has 0 N–H and O–H groups in total. The predicted octanol–water partition coefficient (Wildman–Crippen LogP) is 12.6. The van der Waals surface area contributed by atoms with E-state index < -0.39 is 0 Å². The molecule has 3 nitrogen and oxygen atoms in total. The van der Waals surface area contributed by atoms with Crippen molar-refractivity contribution < 1.29 is 0 Å². The molecule has 0 spiro atoms. The van der Waals surface area contributed by atoms with Crippen LogP contribution in [0.4, 0.5) is 0 Å². The van der Waals surface area contributed by atoms with Crippen molar-refractivity contribution in [1.82, 2.24) is 15.0 Å². The van der Waals surface area contributed by atoms with Crippen LogP contribution < -0.4 is 0 Å². The first-order valence-corrected chi connectivity index (χ1v) is 17.7. The van der Waals surface area contributed by atoms with Gasteiger partial charge in [-0.3, -0.25) is 0 Å². The third kappa shape index (κ3) is 3.60. The summed E-state index contributed by atoms with van der Waals surface area (Å²) < 4.78 is 5.10. The average molecular weight is 646 g/mol. The van der Waals surface area contributed by atoms with Crippen molar-refractivity contribution in [2.24, 2.45) is 0 Å². The molecule has 4 aromatic heterocycles. The van der Waals surface area contributed by atoms with Crippen molar-refractivity contribution in [1.29, 1.82) is 0 Å². The second-order valence-corrected chi connectivity index (χ2v) is 14.4. The smallest absolute Gasteiger partial charge is 0.180 e. The fraction of sp³-hybridized carbons (Fsp3) is 0. The van der Waals surface area contributed by atoms with Gasteiger partial charge in [0.1, 0.15) is 5.69 Å². The zero-order chi connectivity index (χ0) is 31.3. The van der Waals surface area contributed by atoms with Crippen LogP contribution in [0.15, 0.2) is 140 Å². The largest absolute Gasteiger partial charge is 0.244 e. The molecule has 0 atom stereocenters. The van der Waals surface area contributed by atoms with E-state index in [1.807, 2.05) is 22.7 Å². The molecule has 0 unspecified atom stereocenters. The first-order chi connectivity index (χ1) is 23.8. The molecular weight excluding hydrogens is 623 g/mol. The topological polar surface area (TPSA) is 38.7 Å². The molecule has 0 amide bonds. The standard InChI is InChI=1S/C43H23N3S2/c1-2-14-27-25(13-1)37-36(38-30-17-6-10-23-35(30)48-42(27)38)28-15-3-7-20-32(28)44-40(37)43-45-33-21-8-4-16-29(33)39(46-43)31-19-11-18-26-24-12-5-9-22-34(24)47-41(26)31/h1-23H. The van der Waals surface area contributed by atoms with Crippen LogP contribution in [0.25, 0.3) is 106 Å². The maximum absolute atomic E-state index is 5.49. The monoisotopic (exact) mass is 645 g/mol. The highest BCUT2D eigenvalue weighted by atomic mass is 32.1. The van der Waals surface area contributed by atoms with Crippen molar-refractivity contribution in [2.45, 2.75) is 0 Å². The van der Waals surface area contributed by atoms with Crippen LogP contribution in [0.2, 0.25) is 0 Å². The molecule has 48 heavy (non-hydrogen) atoms. The summed E-state index contributed by atoms with van der Waals surface area (Å²) >= 11 is 3.70. The lowest BCUT2D eigenvalue weighted by atomic mass is 9.93. The lowest BCUT2D eigenvalue weighted by Gasteiger charge is -2.15. The van der Waals surface area contributed by atoms with Crippen LogP contribution in [-0.2, 0) is 0 Å². The second-order valence-electron chi connectivity index (χ2n) is 12.3. The van der Waals surface area contributed by atoms with Crippen LogP contribution in [-0.4, -0.2) is 15.0 Å². The molecule has 0 fully saturated rings. The molecular formula is C43H23N3S2. The highest BCUT2D eigenvalue weighted by Gasteiger charge is 2.23. The van der Waals surface area contributed by atoms with Gasteiger partial charge in [-0.25, -0.2) is 15.0 Å². The number of nitrogens with zero attached hydrogens (tertiary/aromatic N) is 3. The SMILES string of the molecule is c1ccc2c(-c3cccc4c3sc3ccccc34)nc(-c3nc4ccccc4c4c3c3ccccc3c3sc5ccccc5c34)nc2c1. The fourth-order valence-electron chi connectivity index (χ4n) is 7.60. The molecule has 5 heteroatoms. The van der Waals surface area contributed by atoms with Crippen molar-refractivity contribution in [3.63, 3.8) is 0 Å². The minimum atomic E-state index is 0.640. The Morgan fingerprint density at radius 3 is 1.71 bits per heavy atom. The number of para-hydroxylation sites is 2. The molecule has 4 heterocycles. The van der Waals surface area contributed by atoms with Gasteiger partial charge in [0.25, 0.3) is 0 Å². The highest BCUT2D eigenvalue weighted by molar-refractivity contribution is 7.27. The Hall–Kier alpha value is -5.75. The summed E-state index contributed by atoms with van der Waals surface area (Å²) in [5.41, 5.74) is 4.71. The van der Waals surface area contributed by atoms with Crippen molar-refractivity contribution in [3.05, 3.63) is 140 Å². The summed E-state index contributed by atoms with van der Waals surface area (Å²) in [4.78, 5) is 16.2. The first kappa shape index (κ1) is 26.3. The quantitative estimate of drug-likeness (QED) is 0.176. The van der Waals surface area contributed by atoms with Gasteiger partial charge in [-0.2, -0.15) is 0 Å². The van der Waals surface area contributed by atoms with Crippen molar-refractivity contribution >= 4 is 106 Å². The van der Waals surface area contributed by atoms with E-state index in [1.54, 1.807) is 0 Å². The molecule has 0 aliphatic heterocycles. The molecule has 0 bridgehead atoms. The lowest BCUT2D eigenvalue weighted by Crippen LogP contribution is -1.99. The number of aromatic nitrogens is 3. The Labute approximate surface area is 282 Å². The van der Waals surface area contributed by atoms with E-state index in [9.17, 15) is 0 Å². The van der Waals surface area contributed by atoms with Gasteiger partial charge in [-0.1, -0.05) is 115 Å². The molecule has 0 radical (unpaired) electrons. The lowest BCUT2D eigenvalue weighted by molar-refractivity contribution is 1.21. The Morgan fingerprint density at radius 2 is 0.896 bits per heavy atom. The van der Waals surface area contributed by atoms with Crippen molar-refractivity contribution in [2.75, 3.05) is 0 Å². The third-order valence-electron chi connectivity index (χ3n) is 9.65. The molecule has 0 aliphatic carbocycles. The summed E-state index contributed by atoms with van der Waals surface area (Å²) in [5, 5.41) is 12.0. The highest BCUT2D eigenvalue weighted by Crippen LogP contribution is 2.48. The number of fused-ring (bicyclic) bond motifs is 14. The van der Waals surface area contributed by atoms with Crippen LogP contribution in [0.5, 0.6) is 0 Å². The van der Waals surface area contributed by atoms with Gasteiger partial charge in [0.05, 0.1) is 16.7 Å². The average Bonchev–Trinajstić information content (AvgIpc) is 3.73. The molecule has 11 aromatic rings. The van der Waals surface area contributed by atoms with E-state index in [0.29, 0.717) is 5.82 Å². The van der Waals surface area contributed by atoms with Crippen LogP contribution >= 0.6 is 22.7 Å². The Bertz CT molecular complexity index is 3140. The normalized spacial score (nSPS) is 12.2. The summed E-state index contributed by atoms with van der Waals surface area (Å²) in [6, 6.07) is 49.7.